The molecule has 0 amide bonds. The molecule has 0 unspecified atom stereocenters. The Balaban J connectivity index is 1.33. The topological polar surface area (TPSA) is 63.2 Å². The zero-order chi connectivity index (χ0) is 29.7. The smallest absolute Gasteiger partial charge is 0.338 e. The van der Waals surface area contributed by atoms with E-state index in [1.807, 2.05) is 60.7 Å². The number of esters is 1. The van der Waals surface area contributed by atoms with Crippen molar-refractivity contribution in [2.24, 2.45) is 0 Å². The Morgan fingerprint density at radius 2 is 1.07 bits per heavy atom. The molecule has 0 bridgehead atoms. The first kappa shape index (κ1) is 33.2. The molecule has 0 aliphatic carbocycles. The minimum Gasteiger partial charge on any atom is -0.491 e. The van der Waals surface area contributed by atoms with Crippen LogP contribution in [0.5, 0.6) is 11.5 Å². The molecule has 6 heteroatoms. The van der Waals surface area contributed by atoms with Crippen LogP contribution in [0.4, 0.5) is 0 Å². The Labute approximate surface area is 252 Å². The normalized spacial score (nSPS) is 10.9. The highest BCUT2D eigenvalue weighted by Gasteiger charge is 2.07. The van der Waals surface area contributed by atoms with Gasteiger partial charge in [-0.3, -0.25) is 0 Å². The molecule has 3 rings (SSSR count). The van der Waals surface area contributed by atoms with Crippen LogP contribution in [0.1, 0.15) is 81.1 Å². The average molecular weight is 577 g/mol. The maximum Gasteiger partial charge on any atom is 0.338 e. The number of hydrogen-bond donors (Lipinski definition) is 0. The van der Waals surface area contributed by atoms with Crippen LogP contribution in [-0.2, 0) is 20.8 Å². The molecule has 0 radical (unpaired) electrons. The van der Waals surface area contributed by atoms with Crippen LogP contribution in [0.3, 0.4) is 0 Å². The van der Waals surface area contributed by atoms with E-state index in [4.69, 9.17) is 23.7 Å². The second kappa shape index (κ2) is 20.5. The van der Waals surface area contributed by atoms with Crippen LogP contribution in [0.15, 0.2) is 72.8 Å². The minimum atomic E-state index is -0.265. The Bertz CT molecular complexity index is 1110. The van der Waals surface area contributed by atoms with Crippen molar-refractivity contribution in [1.29, 1.82) is 0 Å². The maximum absolute atomic E-state index is 12.3. The van der Waals surface area contributed by atoms with E-state index in [1.165, 1.54) is 25.7 Å². The Morgan fingerprint density at radius 1 is 0.524 bits per heavy atom. The SMILES string of the molecule is CCCCCCCCOC(=O)c1ccc(COc2ccc(-c3ccc(OCCOCCOCCCC)cc3)cc2)cc1. The quantitative estimate of drug-likeness (QED) is 0.0881. The van der Waals surface area contributed by atoms with Crippen molar-refractivity contribution in [2.75, 3.05) is 39.6 Å². The number of carbonyl (C=O) groups is 1. The molecular formula is C36H48O6. The first-order valence-corrected chi connectivity index (χ1v) is 15.6. The number of unbranched alkanes of at least 4 members (excludes halogenated alkanes) is 6. The zero-order valence-corrected chi connectivity index (χ0v) is 25.5. The third-order valence-corrected chi connectivity index (χ3v) is 6.88. The molecule has 0 fully saturated rings. The van der Waals surface area contributed by atoms with E-state index < -0.39 is 0 Å². The fraction of sp³-hybridized carbons (Fsp3) is 0.472. The van der Waals surface area contributed by atoms with Crippen LogP contribution in [0.2, 0.25) is 0 Å². The Morgan fingerprint density at radius 3 is 1.71 bits per heavy atom. The van der Waals surface area contributed by atoms with Gasteiger partial charge in [-0.1, -0.05) is 88.8 Å². The van der Waals surface area contributed by atoms with Gasteiger partial charge in [0.05, 0.1) is 32.0 Å². The van der Waals surface area contributed by atoms with E-state index in [0.29, 0.717) is 45.2 Å². The van der Waals surface area contributed by atoms with Gasteiger partial charge in [0.2, 0.25) is 0 Å². The van der Waals surface area contributed by atoms with Gasteiger partial charge in [-0.15, -0.1) is 0 Å². The minimum absolute atomic E-state index is 0.265. The van der Waals surface area contributed by atoms with Gasteiger partial charge in [0.25, 0.3) is 0 Å². The van der Waals surface area contributed by atoms with E-state index in [2.05, 4.69) is 13.8 Å². The van der Waals surface area contributed by atoms with Crippen LogP contribution in [0.25, 0.3) is 11.1 Å². The average Bonchev–Trinajstić information content (AvgIpc) is 3.03. The summed E-state index contributed by atoms with van der Waals surface area (Å²) < 4.78 is 28.2. The molecule has 42 heavy (non-hydrogen) atoms. The van der Waals surface area contributed by atoms with Crippen LogP contribution >= 0.6 is 0 Å². The van der Waals surface area contributed by atoms with Gasteiger partial charge in [0.15, 0.2) is 0 Å². The van der Waals surface area contributed by atoms with E-state index in [1.54, 1.807) is 12.1 Å². The highest BCUT2D eigenvalue weighted by Crippen LogP contribution is 2.25. The van der Waals surface area contributed by atoms with Gasteiger partial charge in [-0.25, -0.2) is 4.79 Å². The fourth-order valence-corrected chi connectivity index (χ4v) is 4.31. The van der Waals surface area contributed by atoms with E-state index in [9.17, 15) is 4.79 Å². The molecule has 0 atom stereocenters. The first-order chi connectivity index (χ1) is 20.7. The molecule has 0 aromatic heterocycles. The highest BCUT2D eigenvalue weighted by atomic mass is 16.5. The lowest BCUT2D eigenvalue weighted by Crippen LogP contribution is -2.11. The van der Waals surface area contributed by atoms with Crippen molar-refractivity contribution in [3.8, 4) is 22.6 Å². The number of rotatable bonds is 22. The molecule has 0 saturated carbocycles. The monoisotopic (exact) mass is 576 g/mol. The summed E-state index contributed by atoms with van der Waals surface area (Å²) in [4.78, 5) is 12.3. The van der Waals surface area contributed by atoms with Crippen molar-refractivity contribution in [3.05, 3.63) is 83.9 Å². The summed E-state index contributed by atoms with van der Waals surface area (Å²) in [6.45, 7) is 8.33. The summed E-state index contributed by atoms with van der Waals surface area (Å²) in [7, 11) is 0. The summed E-state index contributed by atoms with van der Waals surface area (Å²) in [5.74, 6) is 1.34. The van der Waals surface area contributed by atoms with Crippen molar-refractivity contribution < 1.29 is 28.5 Å². The van der Waals surface area contributed by atoms with E-state index >= 15 is 0 Å². The van der Waals surface area contributed by atoms with Crippen molar-refractivity contribution in [3.63, 3.8) is 0 Å². The van der Waals surface area contributed by atoms with Gasteiger partial charge < -0.3 is 23.7 Å². The molecule has 0 heterocycles. The Kier molecular flexibility index (Phi) is 16.2. The molecule has 0 spiro atoms. The van der Waals surface area contributed by atoms with Crippen LogP contribution in [-0.4, -0.2) is 45.6 Å². The molecular weight excluding hydrogens is 528 g/mol. The third-order valence-electron chi connectivity index (χ3n) is 6.88. The Hall–Kier alpha value is -3.35. The molecule has 0 saturated heterocycles. The third kappa shape index (κ3) is 13.1. The van der Waals surface area contributed by atoms with Gasteiger partial charge >= 0.3 is 5.97 Å². The van der Waals surface area contributed by atoms with Crippen molar-refractivity contribution in [1.82, 2.24) is 0 Å². The van der Waals surface area contributed by atoms with Crippen LogP contribution < -0.4 is 9.47 Å². The van der Waals surface area contributed by atoms with Gasteiger partial charge in [-0.2, -0.15) is 0 Å². The molecule has 3 aromatic carbocycles. The van der Waals surface area contributed by atoms with Gasteiger partial charge in [-0.05, 0) is 65.9 Å². The van der Waals surface area contributed by atoms with Crippen molar-refractivity contribution >= 4 is 5.97 Å². The number of ether oxygens (including phenoxy) is 5. The molecule has 6 nitrogen and oxygen atoms in total. The lowest BCUT2D eigenvalue weighted by molar-refractivity contribution is 0.0356. The first-order valence-electron chi connectivity index (χ1n) is 15.6. The zero-order valence-electron chi connectivity index (χ0n) is 25.5. The standard InChI is InChI=1S/C36H48O6/c1-3-5-7-8-9-10-24-41-36(37)33-13-11-30(12-14-33)29-42-35-21-17-32(18-22-35)31-15-19-34(20-16-31)40-28-27-39-26-25-38-23-6-4-2/h11-22H,3-10,23-29H2,1-2H3. The summed E-state index contributed by atoms with van der Waals surface area (Å²) in [6, 6.07) is 23.5. The van der Waals surface area contributed by atoms with Crippen molar-refractivity contribution in [2.45, 2.75) is 71.8 Å². The van der Waals surface area contributed by atoms with E-state index in [-0.39, 0.29) is 5.97 Å². The summed E-state index contributed by atoms with van der Waals surface area (Å²) in [6.07, 6.45) is 9.25. The number of benzene rings is 3. The predicted molar refractivity (Wildman–Crippen MR) is 168 cm³/mol. The fourth-order valence-electron chi connectivity index (χ4n) is 4.31. The molecule has 0 aliphatic rings. The summed E-state index contributed by atoms with van der Waals surface area (Å²) >= 11 is 0. The number of carbonyl (C=O) groups excluding carboxylic acids is 1. The van der Waals surface area contributed by atoms with Gasteiger partial charge in [0.1, 0.15) is 24.7 Å². The molecule has 0 N–H and O–H groups in total. The van der Waals surface area contributed by atoms with Gasteiger partial charge in [0, 0.05) is 6.61 Å². The second-order valence-corrected chi connectivity index (χ2v) is 10.4. The highest BCUT2D eigenvalue weighted by molar-refractivity contribution is 5.89. The largest absolute Gasteiger partial charge is 0.491 e. The number of hydrogen-bond acceptors (Lipinski definition) is 6. The van der Waals surface area contributed by atoms with E-state index in [0.717, 1.165) is 60.5 Å². The second-order valence-electron chi connectivity index (χ2n) is 10.4. The molecule has 3 aromatic rings. The van der Waals surface area contributed by atoms with Crippen LogP contribution in [0, 0.1) is 0 Å². The maximum atomic E-state index is 12.3. The molecule has 228 valence electrons. The summed E-state index contributed by atoms with van der Waals surface area (Å²) in [5.41, 5.74) is 3.77. The summed E-state index contributed by atoms with van der Waals surface area (Å²) in [5, 5.41) is 0. The lowest BCUT2D eigenvalue weighted by atomic mass is 10.1. The molecule has 0 aliphatic heterocycles. The predicted octanol–water partition coefficient (Wildman–Crippen LogP) is 8.66. The lowest BCUT2D eigenvalue weighted by Gasteiger charge is -2.10.